The van der Waals surface area contributed by atoms with Crippen molar-refractivity contribution in [1.29, 1.82) is 0 Å². The number of carbonyl (C=O) groups is 1. The number of sulfonamides is 1. The number of hydrogen-bond donors (Lipinski definition) is 2. The highest BCUT2D eigenvalue weighted by Gasteiger charge is 2.13. The standard InChI is InChI=1S/C19H23N3O4S/c1-14-3-4-15(13-18(14)21-27(2,24)25)19(23)20-16-5-7-17(8-6-16)22-9-11-26-12-10-22/h3-8,13,21H,9-12H2,1-2H3,(H,20,23). The quantitative estimate of drug-likeness (QED) is 0.820. The average molecular weight is 389 g/mol. The van der Waals surface area contributed by atoms with Crippen molar-refractivity contribution in [3.05, 3.63) is 53.6 Å². The van der Waals surface area contributed by atoms with E-state index in [2.05, 4.69) is 14.9 Å². The summed E-state index contributed by atoms with van der Waals surface area (Å²) >= 11 is 0. The Morgan fingerprint density at radius 1 is 1.07 bits per heavy atom. The van der Waals surface area contributed by atoms with Crippen LogP contribution < -0.4 is 14.9 Å². The lowest BCUT2D eigenvalue weighted by molar-refractivity contribution is 0.102. The van der Waals surface area contributed by atoms with Gasteiger partial charge in [0.05, 0.1) is 25.2 Å². The van der Waals surface area contributed by atoms with Gasteiger partial charge in [0.25, 0.3) is 5.91 Å². The minimum Gasteiger partial charge on any atom is -0.378 e. The number of carbonyl (C=O) groups excluding carboxylic acids is 1. The van der Waals surface area contributed by atoms with E-state index in [-0.39, 0.29) is 5.91 Å². The molecule has 0 aliphatic carbocycles. The molecule has 0 unspecified atom stereocenters. The highest BCUT2D eigenvalue weighted by Crippen LogP contribution is 2.21. The summed E-state index contributed by atoms with van der Waals surface area (Å²) in [5.74, 6) is -0.300. The summed E-state index contributed by atoms with van der Waals surface area (Å²) < 4.78 is 30.7. The predicted octanol–water partition coefficient (Wildman–Crippen LogP) is 2.46. The molecule has 1 fully saturated rings. The molecule has 144 valence electrons. The van der Waals surface area contributed by atoms with Crippen LogP contribution >= 0.6 is 0 Å². The highest BCUT2D eigenvalue weighted by atomic mass is 32.2. The summed E-state index contributed by atoms with van der Waals surface area (Å²) in [5.41, 5.74) is 3.28. The first kappa shape index (κ1) is 19.2. The Kier molecular flexibility index (Phi) is 5.67. The Hall–Kier alpha value is -2.58. The van der Waals surface area contributed by atoms with E-state index < -0.39 is 10.0 Å². The van der Waals surface area contributed by atoms with Crippen molar-refractivity contribution < 1.29 is 17.9 Å². The molecule has 1 saturated heterocycles. The summed E-state index contributed by atoms with van der Waals surface area (Å²) in [5, 5.41) is 2.84. The number of benzene rings is 2. The Bertz CT molecular complexity index is 920. The fourth-order valence-corrected chi connectivity index (χ4v) is 3.47. The molecular weight excluding hydrogens is 366 g/mol. The molecule has 7 nitrogen and oxygen atoms in total. The van der Waals surface area contributed by atoms with Gasteiger partial charge in [-0.15, -0.1) is 0 Å². The van der Waals surface area contributed by atoms with Gasteiger partial charge < -0.3 is 15.0 Å². The SMILES string of the molecule is Cc1ccc(C(=O)Nc2ccc(N3CCOCC3)cc2)cc1NS(C)(=O)=O. The predicted molar refractivity (Wildman–Crippen MR) is 107 cm³/mol. The third-order valence-corrected chi connectivity index (χ3v) is 4.89. The van der Waals surface area contributed by atoms with Gasteiger partial charge in [0.1, 0.15) is 0 Å². The van der Waals surface area contributed by atoms with Crippen molar-refractivity contribution in [2.45, 2.75) is 6.92 Å². The van der Waals surface area contributed by atoms with Crippen LogP contribution in [0.5, 0.6) is 0 Å². The lowest BCUT2D eigenvalue weighted by Gasteiger charge is -2.28. The molecule has 1 aliphatic rings. The molecule has 2 aromatic carbocycles. The third kappa shape index (κ3) is 5.21. The van der Waals surface area contributed by atoms with E-state index in [9.17, 15) is 13.2 Å². The van der Waals surface area contributed by atoms with Gasteiger partial charge in [-0.05, 0) is 48.9 Å². The molecule has 0 radical (unpaired) electrons. The van der Waals surface area contributed by atoms with E-state index in [1.54, 1.807) is 19.1 Å². The number of nitrogens with zero attached hydrogens (tertiary/aromatic N) is 1. The van der Waals surface area contributed by atoms with Crippen molar-refractivity contribution in [3.8, 4) is 0 Å². The Morgan fingerprint density at radius 3 is 2.37 bits per heavy atom. The van der Waals surface area contributed by atoms with Gasteiger partial charge in [0, 0.05) is 30.0 Å². The molecule has 1 aliphatic heterocycles. The summed E-state index contributed by atoms with van der Waals surface area (Å²) in [4.78, 5) is 14.7. The van der Waals surface area contributed by atoms with E-state index in [1.807, 2.05) is 24.3 Å². The van der Waals surface area contributed by atoms with E-state index in [1.165, 1.54) is 6.07 Å². The molecule has 27 heavy (non-hydrogen) atoms. The lowest BCUT2D eigenvalue weighted by Crippen LogP contribution is -2.36. The summed E-state index contributed by atoms with van der Waals surface area (Å²) in [6, 6.07) is 12.6. The third-order valence-electron chi connectivity index (χ3n) is 4.30. The van der Waals surface area contributed by atoms with Crippen LogP contribution in [0.15, 0.2) is 42.5 Å². The van der Waals surface area contributed by atoms with Crippen molar-refractivity contribution in [3.63, 3.8) is 0 Å². The highest BCUT2D eigenvalue weighted by molar-refractivity contribution is 7.92. The van der Waals surface area contributed by atoms with Crippen LogP contribution in [0.1, 0.15) is 15.9 Å². The van der Waals surface area contributed by atoms with Crippen LogP contribution in [0, 0.1) is 6.92 Å². The fraction of sp³-hybridized carbons (Fsp3) is 0.316. The fourth-order valence-electron chi connectivity index (χ4n) is 2.85. The van der Waals surface area contributed by atoms with Gasteiger partial charge in [0.15, 0.2) is 0 Å². The van der Waals surface area contributed by atoms with Gasteiger partial charge in [0.2, 0.25) is 10.0 Å². The van der Waals surface area contributed by atoms with Crippen molar-refractivity contribution in [2.75, 3.05) is 47.5 Å². The Balaban J connectivity index is 1.70. The smallest absolute Gasteiger partial charge is 0.255 e. The van der Waals surface area contributed by atoms with E-state index in [0.717, 1.165) is 43.8 Å². The molecule has 0 aromatic heterocycles. The first-order chi connectivity index (χ1) is 12.8. The Morgan fingerprint density at radius 2 is 1.74 bits per heavy atom. The molecule has 0 bridgehead atoms. The second-order valence-corrected chi connectivity index (χ2v) is 8.25. The molecule has 8 heteroatoms. The van der Waals surface area contributed by atoms with E-state index in [0.29, 0.717) is 16.9 Å². The number of rotatable bonds is 5. The van der Waals surface area contributed by atoms with Crippen LogP contribution in [0.4, 0.5) is 17.1 Å². The minimum atomic E-state index is -3.41. The maximum Gasteiger partial charge on any atom is 0.255 e. The second kappa shape index (κ2) is 7.98. The molecule has 0 saturated carbocycles. The zero-order valence-corrected chi connectivity index (χ0v) is 16.2. The van der Waals surface area contributed by atoms with E-state index in [4.69, 9.17) is 4.74 Å². The number of ether oxygens (including phenoxy) is 1. The largest absolute Gasteiger partial charge is 0.378 e. The number of amides is 1. The summed E-state index contributed by atoms with van der Waals surface area (Å²) in [7, 11) is -3.41. The maximum absolute atomic E-state index is 12.5. The topological polar surface area (TPSA) is 87.7 Å². The summed E-state index contributed by atoms with van der Waals surface area (Å²) in [6.45, 7) is 4.92. The normalized spacial score (nSPS) is 14.7. The number of aryl methyl sites for hydroxylation is 1. The number of morpholine rings is 1. The van der Waals surface area contributed by atoms with Crippen molar-refractivity contribution in [2.24, 2.45) is 0 Å². The number of hydrogen-bond acceptors (Lipinski definition) is 5. The zero-order valence-electron chi connectivity index (χ0n) is 15.4. The van der Waals surface area contributed by atoms with Gasteiger partial charge in [-0.2, -0.15) is 0 Å². The lowest BCUT2D eigenvalue weighted by atomic mass is 10.1. The molecule has 2 N–H and O–H groups in total. The number of nitrogens with one attached hydrogen (secondary N) is 2. The molecule has 1 heterocycles. The average Bonchev–Trinajstić information content (AvgIpc) is 2.64. The van der Waals surface area contributed by atoms with Crippen LogP contribution in [0.25, 0.3) is 0 Å². The molecule has 0 atom stereocenters. The first-order valence-electron chi connectivity index (χ1n) is 8.64. The van der Waals surface area contributed by atoms with Crippen LogP contribution in [0.2, 0.25) is 0 Å². The van der Waals surface area contributed by atoms with Gasteiger partial charge in [-0.3, -0.25) is 9.52 Å². The molecule has 0 spiro atoms. The van der Waals surface area contributed by atoms with Crippen molar-refractivity contribution in [1.82, 2.24) is 0 Å². The summed E-state index contributed by atoms with van der Waals surface area (Å²) in [6.07, 6.45) is 1.08. The molecule has 2 aromatic rings. The molecule has 3 rings (SSSR count). The van der Waals surface area contributed by atoms with Gasteiger partial charge in [-0.1, -0.05) is 6.07 Å². The van der Waals surface area contributed by atoms with Crippen LogP contribution in [-0.4, -0.2) is 46.9 Å². The molecule has 1 amide bonds. The van der Waals surface area contributed by atoms with Crippen LogP contribution in [-0.2, 0) is 14.8 Å². The van der Waals surface area contributed by atoms with Crippen molar-refractivity contribution >= 4 is 33.0 Å². The maximum atomic E-state index is 12.5. The Labute approximate surface area is 159 Å². The monoisotopic (exact) mass is 389 g/mol. The molecular formula is C19H23N3O4S. The zero-order chi connectivity index (χ0) is 19.4. The van der Waals surface area contributed by atoms with Gasteiger partial charge >= 0.3 is 0 Å². The first-order valence-corrected chi connectivity index (χ1v) is 10.5. The van der Waals surface area contributed by atoms with E-state index >= 15 is 0 Å². The second-order valence-electron chi connectivity index (χ2n) is 6.50. The minimum absolute atomic E-state index is 0.300. The van der Waals surface area contributed by atoms with Crippen LogP contribution in [0.3, 0.4) is 0 Å². The van der Waals surface area contributed by atoms with Gasteiger partial charge in [-0.25, -0.2) is 8.42 Å². The number of anilines is 3.